The number of rotatable bonds is 7. The molecule has 7 heteroatoms. The third-order valence-corrected chi connectivity index (χ3v) is 4.22. The SMILES string of the molecule is CCOC(=O)c1nc(-c2cccc(Cl)c2Cl)[nH]c1CC(C)OCC. The van der Waals surface area contributed by atoms with Crippen LogP contribution in [0.3, 0.4) is 0 Å². The zero-order valence-corrected chi connectivity index (χ0v) is 15.4. The van der Waals surface area contributed by atoms with E-state index in [2.05, 4.69) is 9.97 Å². The Morgan fingerprint density at radius 1 is 1.29 bits per heavy atom. The molecular weight excluding hydrogens is 351 g/mol. The van der Waals surface area contributed by atoms with E-state index in [9.17, 15) is 4.79 Å². The minimum atomic E-state index is -0.475. The van der Waals surface area contributed by atoms with Crippen molar-refractivity contribution < 1.29 is 14.3 Å². The quantitative estimate of drug-likeness (QED) is 0.727. The molecule has 2 rings (SSSR count). The van der Waals surface area contributed by atoms with Crippen LogP contribution >= 0.6 is 23.2 Å². The summed E-state index contributed by atoms with van der Waals surface area (Å²) in [5, 5.41) is 0.806. The Hall–Kier alpha value is -1.56. The van der Waals surface area contributed by atoms with E-state index in [1.165, 1.54) is 0 Å². The van der Waals surface area contributed by atoms with Crippen molar-refractivity contribution in [3.63, 3.8) is 0 Å². The number of aromatic amines is 1. The average Bonchev–Trinajstić information content (AvgIpc) is 2.94. The summed E-state index contributed by atoms with van der Waals surface area (Å²) in [6.45, 7) is 6.48. The van der Waals surface area contributed by atoms with Crippen molar-refractivity contribution in [1.29, 1.82) is 0 Å². The molecule has 24 heavy (non-hydrogen) atoms. The molecule has 0 saturated carbocycles. The Bertz CT molecular complexity index is 716. The first-order valence-electron chi connectivity index (χ1n) is 7.79. The van der Waals surface area contributed by atoms with Gasteiger partial charge in [-0.2, -0.15) is 0 Å². The van der Waals surface area contributed by atoms with Crippen LogP contribution in [0.25, 0.3) is 11.4 Å². The van der Waals surface area contributed by atoms with Crippen LogP contribution in [-0.4, -0.2) is 35.3 Å². The zero-order valence-electron chi connectivity index (χ0n) is 13.9. The van der Waals surface area contributed by atoms with Gasteiger partial charge in [0.2, 0.25) is 0 Å². The fourth-order valence-corrected chi connectivity index (χ4v) is 2.76. The maximum absolute atomic E-state index is 12.2. The van der Waals surface area contributed by atoms with Crippen LogP contribution in [0.15, 0.2) is 18.2 Å². The Morgan fingerprint density at radius 2 is 2.04 bits per heavy atom. The van der Waals surface area contributed by atoms with Gasteiger partial charge in [0.15, 0.2) is 5.69 Å². The normalized spacial score (nSPS) is 12.2. The number of carbonyl (C=O) groups excluding carboxylic acids is 1. The van der Waals surface area contributed by atoms with E-state index < -0.39 is 5.97 Å². The molecule has 0 spiro atoms. The molecule has 2 aromatic rings. The number of esters is 1. The fraction of sp³-hybridized carbons (Fsp3) is 0.412. The third kappa shape index (κ3) is 4.29. The monoisotopic (exact) mass is 370 g/mol. The van der Waals surface area contributed by atoms with Gasteiger partial charge in [0.05, 0.1) is 28.5 Å². The molecule has 0 aliphatic rings. The van der Waals surface area contributed by atoms with Crippen molar-refractivity contribution in [2.45, 2.75) is 33.3 Å². The number of ether oxygens (including phenoxy) is 2. The molecule has 0 fully saturated rings. The summed E-state index contributed by atoms with van der Waals surface area (Å²) in [4.78, 5) is 19.7. The Labute approximate surface area is 151 Å². The maximum Gasteiger partial charge on any atom is 0.358 e. The Kier molecular flexibility index (Phi) is 6.66. The second-order valence-corrected chi connectivity index (χ2v) is 5.99. The van der Waals surface area contributed by atoms with E-state index in [1.54, 1.807) is 25.1 Å². The van der Waals surface area contributed by atoms with Gasteiger partial charge in [-0.1, -0.05) is 29.3 Å². The molecule has 0 bridgehead atoms. The second-order valence-electron chi connectivity index (χ2n) is 5.20. The van der Waals surface area contributed by atoms with E-state index in [0.717, 1.165) is 0 Å². The molecule has 1 heterocycles. The summed E-state index contributed by atoms with van der Waals surface area (Å²) < 4.78 is 10.6. The third-order valence-electron chi connectivity index (χ3n) is 3.40. The van der Waals surface area contributed by atoms with E-state index in [4.69, 9.17) is 32.7 Å². The lowest BCUT2D eigenvalue weighted by atomic mass is 10.2. The van der Waals surface area contributed by atoms with Gasteiger partial charge < -0.3 is 14.5 Å². The van der Waals surface area contributed by atoms with Crippen LogP contribution < -0.4 is 0 Å². The number of nitrogens with one attached hydrogen (secondary N) is 1. The van der Waals surface area contributed by atoms with Gasteiger partial charge in [0, 0.05) is 18.6 Å². The first-order valence-corrected chi connectivity index (χ1v) is 8.55. The number of hydrogen-bond donors (Lipinski definition) is 1. The molecule has 5 nitrogen and oxygen atoms in total. The van der Waals surface area contributed by atoms with Gasteiger partial charge >= 0.3 is 5.97 Å². The summed E-state index contributed by atoms with van der Waals surface area (Å²) in [5.41, 5.74) is 1.53. The standard InChI is InChI=1S/C17H20Cl2N2O3/c1-4-23-10(3)9-13-15(17(22)24-5-2)21-16(20-13)11-7-6-8-12(18)14(11)19/h6-8,10H,4-5,9H2,1-3H3,(H,20,21). The van der Waals surface area contributed by atoms with Crippen molar-refractivity contribution in [3.8, 4) is 11.4 Å². The highest BCUT2D eigenvalue weighted by Gasteiger charge is 2.22. The number of benzene rings is 1. The van der Waals surface area contributed by atoms with Crippen molar-refractivity contribution in [3.05, 3.63) is 39.6 Å². The molecule has 0 aliphatic carbocycles. The van der Waals surface area contributed by atoms with E-state index in [-0.39, 0.29) is 18.4 Å². The topological polar surface area (TPSA) is 64.2 Å². The number of nitrogens with zero attached hydrogens (tertiary/aromatic N) is 1. The predicted molar refractivity (Wildman–Crippen MR) is 94.8 cm³/mol. The molecule has 0 radical (unpaired) electrons. The van der Waals surface area contributed by atoms with Crippen molar-refractivity contribution in [2.75, 3.05) is 13.2 Å². The molecule has 1 aromatic heterocycles. The summed E-state index contributed by atoms with van der Waals surface area (Å²) in [6, 6.07) is 5.26. The van der Waals surface area contributed by atoms with Gasteiger partial charge in [-0.25, -0.2) is 9.78 Å². The molecule has 0 aliphatic heterocycles. The van der Waals surface area contributed by atoms with Crippen molar-refractivity contribution in [2.24, 2.45) is 0 Å². The van der Waals surface area contributed by atoms with Crippen molar-refractivity contribution >= 4 is 29.2 Å². The number of hydrogen-bond acceptors (Lipinski definition) is 4. The Morgan fingerprint density at radius 3 is 2.71 bits per heavy atom. The molecule has 1 N–H and O–H groups in total. The van der Waals surface area contributed by atoms with Crippen LogP contribution in [0, 0.1) is 0 Å². The van der Waals surface area contributed by atoms with Gasteiger partial charge in [-0.15, -0.1) is 0 Å². The smallest absolute Gasteiger partial charge is 0.358 e. The fourth-order valence-electron chi connectivity index (χ4n) is 2.37. The lowest BCUT2D eigenvalue weighted by Gasteiger charge is -2.10. The Balaban J connectivity index is 2.43. The highest BCUT2D eigenvalue weighted by molar-refractivity contribution is 6.43. The van der Waals surface area contributed by atoms with Crippen LogP contribution in [-0.2, 0) is 15.9 Å². The molecule has 1 aromatic carbocycles. The molecule has 1 atom stereocenters. The summed E-state index contributed by atoms with van der Waals surface area (Å²) in [5.74, 6) is 0.00102. The number of H-pyrrole nitrogens is 1. The molecule has 0 amide bonds. The maximum atomic E-state index is 12.2. The first-order chi connectivity index (χ1) is 11.5. The zero-order chi connectivity index (χ0) is 17.7. The van der Waals surface area contributed by atoms with Crippen molar-refractivity contribution in [1.82, 2.24) is 9.97 Å². The highest BCUT2D eigenvalue weighted by Crippen LogP contribution is 2.32. The minimum absolute atomic E-state index is 0.0636. The summed E-state index contributed by atoms with van der Waals surface area (Å²) >= 11 is 12.3. The summed E-state index contributed by atoms with van der Waals surface area (Å²) in [7, 11) is 0. The van der Waals surface area contributed by atoms with Gasteiger partial charge in [-0.05, 0) is 32.9 Å². The van der Waals surface area contributed by atoms with Crippen LogP contribution in [0.4, 0.5) is 0 Å². The van der Waals surface area contributed by atoms with Gasteiger partial charge in [0.25, 0.3) is 0 Å². The van der Waals surface area contributed by atoms with E-state index >= 15 is 0 Å². The minimum Gasteiger partial charge on any atom is -0.461 e. The predicted octanol–water partition coefficient (Wildman–Crippen LogP) is 4.53. The molecule has 0 saturated heterocycles. The van der Waals surface area contributed by atoms with E-state index in [1.807, 2.05) is 13.8 Å². The average molecular weight is 371 g/mol. The summed E-state index contributed by atoms with van der Waals surface area (Å²) in [6.07, 6.45) is 0.444. The number of halogens is 2. The first kappa shape index (κ1) is 18.8. The highest BCUT2D eigenvalue weighted by atomic mass is 35.5. The van der Waals surface area contributed by atoms with E-state index in [0.29, 0.717) is 40.2 Å². The van der Waals surface area contributed by atoms with Crippen LogP contribution in [0.1, 0.15) is 37.0 Å². The number of imidazole rings is 1. The number of aromatic nitrogens is 2. The lowest BCUT2D eigenvalue weighted by molar-refractivity contribution is 0.0514. The van der Waals surface area contributed by atoms with Crippen LogP contribution in [0.5, 0.6) is 0 Å². The van der Waals surface area contributed by atoms with Gasteiger partial charge in [0.1, 0.15) is 5.82 Å². The second kappa shape index (κ2) is 8.51. The molecule has 130 valence electrons. The largest absolute Gasteiger partial charge is 0.461 e. The molecule has 1 unspecified atom stereocenters. The lowest BCUT2D eigenvalue weighted by Crippen LogP contribution is -2.15. The molecular formula is C17H20Cl2N2O3. The van der Waals surface area contributed by atoms with Gasteiger partial charge in [-0.3, -0.25) is 0 Å². The van der Waals surface area contributed by atoms with Crippen LogP contribution in [0.2, 0.25) is 10.0 Å². The number of carbonyl (C=O) groups is 1.